The van der Waals surface area contributed by atoms with E-state index in [1.165, 1.54) is 12.4 Å². The highest BCUT2D eigenvalue weighted by molar-refractivity contribution is 7.92. The third kappa shape index (κ3) is 3.82. The highest BCUT2D eigenvalue weighted by Gasteiger charge is 2.16. The Morgan fingerprint density at radius 2 is 1.90 bits per heavy atom. The molecule has 21 heavy (non-hydrogen) atoms. The van der Waals surface area contributed by atoms with Crippen molar-refractivity contribution in [3.8, 4) is 0 Å². The van der Waals surface area contributed by atoms with E-state index in [-0.39, 0.29) is 17.1 Å². The van der Waals surface area contributed by atoms with Crippen molar-refractivity contribution in [3.05, 3.63) is 41.7 Å². The zero-order valence-corrected chi connectivity index (χ0v) is 12.4. The normalized spacial score (nSPS) is 11.3. The lowest BCUT2D eigenvalue weighted by molar-refractivity contribution is -0.137. The van der Waals surface area contributed by atoms with Crippen LogP contribution in [0.25, 0.3) is 0 Å². The molecule has 0 atom stereocenters. The Hall–Kier alpha value is -2.35. The summed E-state index contributed by atoms with van der Waals surface area (Å²) in [6, 6.07) is 5.01. The highest BCUT2D eigenvalue weighted by Crippen LogP contribution is 2.18. The number of carboxylic acids is 1. The summed E-state index contributed by atoms with van der Waals surface area (Å²) in [7, 11) is -3.72. The fourth-order valence-corrected chi connectivity index (χ4v) is 3.16. The predicted octanol–water partition coefficient (Wildman–Crippen LogP) is 1.39. The first-order valence-corrected chi connectivity index (χ1v) is 7.60. The Kier molecular flexibility index (Phi) is 3.99. The second-order valence-corrected chi connectivity index (χ2v) is 6.43. The Bertz CT molecular complexity index is 760. The van der Waals surface area contributed by atoms with Gasteiger partial charge in [-0.15, -0.1) is 0 Å². The Labute approximate surface area is 122 Å². The van der Waals surface area contributed by atoms with Crippen LogP contribution in [0.5, 0.6) is 0 Å². The molecular weight excluding hydrogens is 294 g/mol. The van der Waals surface area contributed by atoms with E-state index in [1.807, 2.05) is 19.9 Å². The van der Waals surface area contributed by atoms with Crippen LogP contribution in [0.1, 0.15) is 11.1 Å². The maximum Gasteiger partial charge on any atom is 0.325 e. The van der Waals surface area contributed by atoms with Crippen LogP contribution >= 0.6 is 0 Å². The molecule has 1 heterocycles. The molecule has 1 aromatic heterocycles. The minimum Gasteiger partial charge on any atom is -0.480 e. The summed E-state index contributed by atoms with van der Waals surface area (Å²) in [6.07, 6.45) is 2.59. The number of carbonyl (C=O) groups is 1. The number of hydrogen-bond acceptors (Lipinski definition) is 4. The average molecular weight is 309 g/mol. The van der Waals surface area contributed by atoms with Crippen LogP contribution in [0.15, 0.2) is 35.5 Å². The second kappa shape index (κ2) is 5.57. The van der Waals surface area contributed by atoms with Crippen molar-refractivity contribution >= 4 is 21.7 Å². The maximum atomic E-state index is 12.3. The molecule has 112 valence electrons. The highest BCUT2D eigenvalue weighted by atomic mass is 32.2. The fourth-order valence-electron chi connectivity index (χ4n) is 1.94. The van der Waals surface area contributed by atoms with Crippen molar-refractivity contribution < 1.29 is 18.3 Å². The molecule has 0 aliphatic heterocycles. The quantitative estimate of drug-likeness (QED) is 0.869. The summed E-state index contributed by atoms with van der Waals surface area (Å²) in [5.74, 6) is -1.05. The lowest BCUT2D eigenvalue weighted by Crippen LogP contribution is -2.13. The van der Waals surface area contributed by atoms with Crippen molar-refractivity contribution in [2.45, 2.75) is 25.3 Å². The first-order valence-electron chi connectivity index (χ1n) is 6.11. The molecule has 0 fully saturated rings. The van der Waals surface area contributed by atoms with Gasteiger partial charge in [-0.2, -0.15) is 5.10 Å². The summed E-state index contributed by atoms with van der Waals surface area (Å²) in [5, 5.41) is 12.4. The number of benzene rings is 1. The molecule has 0 aliphatic carbocycles. The smallest absolute Gasteiger partial charge is 0.325 e. The lowest BCUT2D eigenvalue weighted by Gasteiger charge is -2.07. The van der Waals surface area contributed by atoms with Crippen molar-refractivity contribution in [1.29, 1.82) is 0 Å². The van der Waals surface area contributed by atoms with Crippen LogP contribution < -0.4 is 4.72 Å². The van der Waals surface area contributed by atoms with Crippen LogP contribution in [0.2, 0.25) is 0 Å². The van der Waals surface area contributed by atoms with E-state index in [4.69, 9.17) is 5.11 Å². The van der Waals surface area contributed by atoms with Gasteiger partial charge in [-0.3, -0.25) is 14.2 Å². The maximum absolute atomic E-state index is 12.3. The molecule has 2 N–H and O–H groups in total. The van der Waals surface area contributed by atoms with Crippen LogP contribution in [0.4, 0.5) is 5.69 Å². The summed E-state index contributed by atoms with van der Waals surface area (Å²) in [4.78, 5) is 10.7. The van der Waals surface area contributed by atoms with E-state index in [9.17, 15) is 13.2 Å². The van der Waals surface area contributed by atoms with Gasteiger partial charge in [0, 0.05) is 6.20 Å². The van der Waals surface area contributed by atoms with Crippen molar-refractivity contribution in [1.82, 2.24) is 9.78 Å². The number of sulfonamides is 1. The monoisotopic (exact) mass is 309 g/mol. The summed E-state index contributed by atoms with van der Waals surface area (Å²) < 4.78 is 28.1. The first kappa shape index (κ1) is 15.0. The number of carboxylic acid groups (broad SMARTS) is 1. The Balaban J connectivity index is 2.24. The van der Waals surface area contributed by atoms with Gasteiger partial charge in [0.15, 0.2) is 0 Å². The Morgan fingerprint density at radius 3 is 2.48 bits per heavy atom. The lowest BCUT2D eigenvalue weighted by atomic mass is 10.2. The number of hydrogen-bond donors (Lipinski definition) is 2. The van der Waals surface area contributed by atoms with Gasteiger partial charge >= 0.3 is 5.97 Å². The van der Waals surface area contributed by atoms with Gasteiger partial charge in [0.2, 0.25) is 0 Å². The van der Waals surface area contributed by atoms with E-state index in [0.717, 1.165) is 15.8 Å². The van der Waals surface area contributed by atoms with Gasteiger partial charge in [-0.1, -0.05) is 6.07 Å². The Morgan fingerprint density at radius 1 is 1.29 bits per heavy atom. The minimum absolute atomic E-state index is 0.158. The summed E-state index contributed by atoms with van der Waals surface area (Å²) in [5.41, 5.74) is 1.91. The topological polar surface area (TPSA) is 101 Å². The predicted molar refractivity (Wildman–Crippen MR) is 76.6 cm³/mol. The second-order valence-electron chi connectivity index (χ2n) is 4.75. The van der Waals surface area contributed by atoms with E-state index >= 15 is 0 Å². The molecule has 0 aliphatic rings. The third-order valence-electron chi connectivity index (χ3n) is 2.69. The fraction of sp³-hybridized carbons (Fsp3) is 0.231. The zero-order valence-electron chi connectivity index (χ0n) is 11.6. The average Bonchev–Trinajstić information content (AvgIpc) is 2.73. The van der Waals surface area contributed by atoms with Gasteiger partial charge in [-0.05, 0) is 37.1 Å². The number of rotatable bonds is 5. The number of nitrogens with one attached hydrogen (secondary N) is 1. The third-order valence-corrected chi connectivity index (χ3v) is 4.05. The van der Waals surface area contributed by atoms with Crippen LogP contribution in [0.3, 0.4) is 0 Å². The molecule has 0 unspecified atom stereocenters. The van der Waals surface area contributed by atoms with Gasteiger partial charge in [-0.25, -0.2) is 8.42 Å². The van der Waals surface area contributed by atoms with E-state index in [0.29, 0.717) is 0 Å². The molecule has 2 aromatic rings. The number of aromatic nitrogens is 2. The minimum atomic E-state index is -3.72. The molecule has 1 aromatic carbocycles. The number of anilines is 1. The summed E-state index contributed by atoms with van der Waals surface area (Å²) >= 11 is 0. The molecule has 8 heteroatoms. The molecule has 0 saturated carbocycles. The molecule has 2 rings (SSSR count). The van der Waals surface area contributed by atoms with Gasteiger partial charge in [0.05, 0.1) is 16.8 Å². The molecule has 0 amide bonds. The van der Waals surface area contributed by atoms with Gasteiger partial charge < -0.3 is 5.11 Å². The number of aliphatic carboxylic acids is 1. The van der Waals surface area contributed by atoms with Crippen molar-refractivity contribution in [2.24, 2.45) is 0 Å². The molecule has 0 radical (unpaired) electrons. The van der Waals surface area contributed by atoms with Gasteiger partial charge in [0.1, 0.15) is 6.54 Å². The van der Waals surface area contributed by atoms with Crippen molar-refractivity contribution in [2.75, 3.05) is 4.72 Å². The van der Waals surface area contributed by atoms with Crippen molar-refractivity contribution in [3.63, 3.8) is 0 Å². The standard InChI is InChI=1S/C13H15N3O4S/c1-9-3-10(2)5-12(4-9)21(19,20)15-11-6-14-16(7-11)8-13(17)18/h3-7,15H,8H2,1-2H3,(H,17,18). The molecule has 0 spiro atoms. The molecule has 0 saturated heterocycles. The van der Waals surface area contributed by atoms with Crippen LogP contribution in [-0.2, 0) is 21.4 Å². The van der Waals surface area contributed by atoms with E-state index in [2.05, 4.69) is 9.82 Å². The summed E-state index contributed by atoms with van der Waals surface area (Å²) in [6.45, 7) is 3.30. The number of nitrogens with zero attached hydrogens (tertiary/aromatic N) is 2. The molecule has 7 nitrogen and oxygen atoms in total. The zero-order chi connectivity index (χ0) is 15.6. The molecule has 0 bridgehead atoms. The molecular formula is C13H15N3O4S. The van der Waals surface area contributed by atoms with Gasteiger partial charge in [0.25, 0.3) is 10.0 Å². The SMILES string of the molecule is Cc1cc(C)cc(S(=O)(=O)Nc2cnn(CC(=O)O)c2)c1. The van der Waals surface area contributed by atoms with E-state index < -0.39 is 16.0 Å². The van der Waals surface area contributed by atoms with E-state index in [1.54, 1.807) is 12.1 Å². The largest absolute Gasteiger partial charge is 0.480 e. The van der Waals surface area contributed by atoms with Crippen LogP contribution in [0, 0.1) is 13.8 Å². The number of aryl methyl sites for hydroxylation is 2. The van der Waals surface area contributed by atoms with Crippen LogP contribution in [-0.4, -0.2) is 29.3 Å². The first-order chi connectivity index (χ1) is 9.76.